The maximum Gasteiger partial charge on any atom is 0.310 e. The number of ketones is 1. The van der Waals surface area contributed by atoms with Gasteiger partial charge < -0.3 is 10.3 Å². The number of hydrogen-bond acceptors (Lipinski definition) is 2. The fourth-order valence-corrected chi connectivity index (χ4v) is 3.21. The first-order chi connectivity index (χ1) is 11.3. The minimum atomic E-state index is -9.84. The molecular weight excluding hydrogens is 363 g/mol. The normalized spacial score (nSPS) is 14.9. The van der Waals surface area contributed by atoms with Gasteiger partial charge in [0.2, 0.25) is 0 Å². The lowest BCUT2D eigenvalue weighted by Gasteiger charge is -2.40. The number of carbonyl (C=O) groups is 1. The van der Waals surface area contributed by atoms with Gasteiger partial charge in [-0.2, -0.15) is 0 Å². The van der Waals surface area contributed by atoms with E-state index in [1.54, 1.807) is 30.5 Å². The van der Waals surface area contributed by atoms with Gasteiger partial charge in [0.15, 0.2) is 5.78 Å². The van der Waals surface area contributed by atoms with Crippen molar-refractivity contribution in [3.8, 4) is 0 Å². The Bertz CT molecular complexity index is 995. The Kier molecular flexibility index (Phi) is 3.28. The van der Waals surface area contributed by atoms with Crippen LogP contribution in [0.15, 0.2) is 59.6 Å². The quantitative estimate of drug-likeness (QED) is 0.465. The number of carbonyl (C=O) groups excluding carboxylic acids is 1. The van der Waals surface area contributed by atoms with E-state index < -0.39 is 26.5 Å². The highest BCUT2D eigenvalue weighted by molar-refractivity contribution is 8.45. The van der Waals surface area contributed by atoms with Crippen molar-refractivity contribution in [3.05, 3.63) is 60.3 Å². The predicted octanol–water partition coefficient (Wildman–Crippen LogP) is 5.76. The fraction of sp³-hybridized carbons (Fsp3) is 0.0625. The number of nitrogen functional groups attached to an aromatic ring is 1. The van der Waals surface area contributed by atoms with Crippen LogP contribution in [0.25, 0.3) is 10.8 Å². The lowest BCUT2D eigenvalue weighted by molar-refractivity contribution is 0.0973. The first kappa shape index (κ1) is 17.3. The van der Waals surface area contributed by atoms with Gasteiger partial charge in [0.1, 0.15) is 10.7 Å². The summed E-state index contributed by atoms with van der Waals surface area (Å²) in [6, 6.07) is 9.32. The molecule has 2 aromatic carbocycles. The Hall–Kier alpha value is -2.55. The van der Waals surface area contributed by atoms with E-state index in [1.807, 2.05) is 0 Å². The molecule has 0 atom stereocenters. The van der Waals surface area contributed by atoms with Crippen molar-refractivity contribution in [2.45, 2.75) is 11.4 Å². The monoisotopic (exact) mass is 376 g/mol. The number of nitrogens with two attached hydrogens (primary N) is 1. The second kappa shape index (κ2) is 4.75. The van der Waals surface area contributed by atoms with E-state index in [0.717, 1.165) is 17.5 Å². The predicted molar refractivity (Wildman–Crippen MR) is 88.5 cm³/mol. The van der Waals surface area contributed by atoms with Gasteiger partial charge in [-0.3, -0.25) is 4.79 Å². The van der Waals surface area contributed by atoms with Crippen LogP contribution in [0.5, 0.6) is 0 Å². The third-order valence-corrected chi connectivity index (χ3v) is 4.90. The van der Waals surface area contributed by atoms with Crippen LogP contribution in [0.1, 0.15) is 10.4 Å². The van der Waals surface area contributed by atoms with E-state index in [1.165, 1.54) is 4.57 Å². The van der Waals surface area contributed by atoms with Crippen LogP contribution in [0.4, 0.5) is 25.2 Å². The molecule has 3 rings (SSSR count). The molecule has 1 heterocycles. The molecular formula is C16H13F5N2OS. The highest BCUT2D eigenvalue weighted by atomic mass is 32.5. The number of Topliss-reactive ketones (excluding diaryl/α,β-unsaturated/α-hetero) is 1. The number of anilines is 1. The van der Waals surface area contributed by atoms with Crippen molar-refractivity contribution in [1.29, 1.82) is 0 Å². The molecule has 0 bridgehead atoms. The molecule has 9 heteroatoms. The van der Waals surface area contributed by atoms with Gasteiger partial charge in [0, 0.05) is 22.5 Å². The minimum absolute atomic E-state index is 0.184. The first-order valence-electron chi connectivity index (χ1n) is 7.06. The molecule has 134 valence electrons. The van der Waals surface area contributed by atoms with E-state index in [4.69, 9.17) is 5.73 Å². The third kappa shape index (κ3) is 3.46. The van der Waals surface area contributed by atoms with E-state index >= 15 is 0 Å². The zero-order chi connectivity index (χ0) is 18.5. The smallest absolute Gasteiger partial charge is 0.310 e. The van der Waals surface area contributed by atoms with E-state index in [2.05, 4.69) is 0 Å². The van der Waals surface area contributed by atoms with E-state index in [-0.39, 0.29) is 24.5 Å². The second-order valence-electron chi connectivity index (χ2n) is 5.65. The van der Waals surface area contributed by atoms with Crippen molar-refractivity contribution in [3.63, 3.8) is 0 Å². The summed E-state index contributed by atoms with van der Waals surface area (Å²) in [6.07, 6.45) is 1.58. The van der Waals surface area contributed by atoms with Gasteiger partial charge in [-0.25, -0.2) is 0 Å². The molecule has 0 aliphatic carbocycles. The maximum absolute atomic E-state index is 12.9. The van der Waals surface area contributed by atoms with E-state index in [0.29, 0.717) is 5.39 Å². The van der Waals surface area contributed by atoms with Gasteiger partial charge in [0.05, 0.1) is 6.54 Å². The third-order valence-electron chi connectivity index (χ3n) is 3.76. The Morgan fingerprint density at radius 1 is 1.00 bits per heavy atom. The number of benzene rings is 2. The van der Waals surface area contributed by atoms with Crippen LogP contribution < -0.4 is 5.73 Å². The second-order valence-corrected chi connectivity index (χ2v) is 8.06. The largest absolute Gasteiger partial charge is 0.385 e. The highest BCUT2D eigenvalue weighted by Gasteiger charge is 2.65. The number of aromatic nitrogens is 1. The Morgan fingerprint density at radius 2 is 1.68 bits per heavy atom. The molecule has 0 saturated carbocycles. The maximum atomic E-state index is 12.9. The standard InChI is InChI=1S/C16H13F5N2OS/c17-25(18,19,20,21)13-6-3-5-11(8-13)15(24)10-23-9-12-4-1-2-7-14(12)16(23)22/h1-9H,10,22H2. The van der Waals surface area contributed by atoms with Crippen LogP contribution in [0, 0.1) is 0 Å². The summed E-state index contributed by atoms with van der Waals surface area (Å²) in [4.78, 5) is 10.2. The zero-order valence-corrected chi connectivity index (χ0v) is 13.5. The number of nitrogens with zero attached hydrogens (tertiary/aromatic N) is 1. The molecule has 25 heavy (non-hydrogen) atoms. The topological polar surface area (TPSA) is 48.0 Å². The summed E-state index contributed by atoms with van der Waals surface area (Å²) in [5.41, 5.74) is 5.47. The van der Waals surface area contributed by atoms with Gasteiger partial charge in [0.25, 0.3) is 0 Å². The Labute approximate surface area is 139 Å². The Morgan fingerprint density at radius 3 is 2.32 bits per heavy atom. The van der Waals surface area contributed by atoms with Crippen molar-refractivity contribution in [2.75, 3.05) is 5.73 Å². The van der Waals surface area contributed by atoms with Crippen LogP contribution in [-0.2, 0) is 6.54 Å². The molecule has 3 aromatic rings. The van der Waals surface area contributed by atoms with Crippen LogP contribution in [-0.4, -0.2) is 10.4 Å². The SMILES string of the molecule is Nc1c2ccccc2cn1CC(=O)c1cccc(S(F)(F)(F)(F)F)c1. The molecule has 0 aliphatic rings. The molecule has 0 fully saturated rings. The molecule has 1 aromatic heterocycles. The summed E-state index contributed by atoms with van der Waals surface area (Å²) in [6.45, 7) is -0.357. The molecule has 0 unspecified atom stereocenters. The Balaban J connectivity index is 1.95. The summed E-state index contributed by atoms with van der Waals surface area (Å²) in [5.74, 6) is -0.483. The number of hydrogen-bond donors (Lipinski definition) is 1. The number of halogens is 5. The van der Waals surface area contributed by atoms with Gasteiger partial charge in [-0.05, 0) is 12.1 Å². The molecule has 0 radical (unpaired) electrons. The summed E-state index contributed by atoms with van der Waals surface area (Å²) >= 11 is 0. The number of fused-ring (bicyclic) bond motifs is 1. The fourth-order valence-electron chi connectivity index (χ4n) is 2.52. The minimum Gasteiger partial charge on any atom is -0.385 e. The van der Waals surface area contributed by atoms with Gasteiger partial charge >= 0.3 is 10.2 Å². The average molecular weight is 376 g/mol. The van der Waals surface area contributed by atoms with Crippen molar-refractivity contribution in [2.24, 2.45) is 0 Å². The zero-order valence-electron chi connectivity index (χ0n) is 12.6. The molecule has 2 N–H and O–H groups in total. The van der Waals surface area contributed by atoms with Crippen LogP contribution >= 0.6 is 10.2 Å². The molecule has 0 saturated heterocycles. The number of rotatable bonds is 4. The highest BCUT2D eigenvalue weighted by Crippen LogP contribution is 3.02. The van der Waals surface area contributed by atoms with Crippen LogP contribution in [0.2, 0.25) is 0 Å². The van der Waals surface area contributed by atoms with Gasteiger partial charge in [-0.15, -0.1) is 0 Å². The molecule has 0 amide bonds. The summed E-state index contributed by atoms with van der Waals surface area (Å²) in [7, 11) is -9.84. The molecule has 3 nitrogen and oxygen atoms in total. The average Bonchev–Trinajstić information content (AvgIpc) is 2.82. The summed E-state index contributed by atoms with van der Waals surface area (Å²) in [5, 5.41) is 1.45. The van der Waals surface area contributed by atoms with Crippen molar-refractivity contribution in [1.82, 2.24) is 4.57 Å². The summed E-state index contributed by atoms with van der Waals surface area (Å²) < 4.78 is 65.8. The van der Waals surface area contributed by atoms with Crippen molar-refractivity contribution < 1.29 is 24.2 Å². The first-order valence-corrected chi connectivity index (χ1v) is 9.01. The van der Waals surface area contributed by atoms with Crippen LogP contribution in [0.3, 0.4) is 0 Å². The van der Waals surface area contributed by atoms with Crippen molar-refractivity contribution >= 4 is 32.6 Å². The lowest BCUT2D eigenvalue weighted by Crippen LogP contribution is -2.13. The lowest BCUT2D eigenvalue weighted by atomic mass is 10.1. The van der Waals surface area contributed by atoms with E-state index in [9.17, 15) is 24.2 Å². The van der Waals surface area contributed by atoms with Gasteiger partial charge in [-0.1, -0.05) is 55.8 Å². The molecule has 0 aliphatic heterocycles. The molecule has 0 spiro atoms.